The Morgan fingerprint density at radius 1 is 0.867 bits per heavy atom. The van der Waals surface area contributed by atoms with E-state index in [1.807, 2.05) is 82.2 Å². The Balaban J connectivity index is 1.32. The normalized spacial score (nSPS) is 14.3. The summed E-state index contributed by atoms with van der Waals surface area (Å²) in [6.45, 7) is 2.88. The molecule has 0 atom stereocenters. The van der Waals surface area contributed by atoms with Crippen LogP contribution in [0.1, 0.15) is 10.4 Å². The molecule has 6 nitrogen and oxygen atoms in total. The second-order valence-corrected chi connectivity index (χ2v) is 7.73. The van der Waals surface area contributed by atoms with E-state index >= 15 is 0 Å². The number of piperazine rings is 1. The number of pyridine rings is 1. The minimum atomic E-state index is 0.0208. The van der Waals surface area contributed by atoms with Gasteiger partial charge in [-0.1, -0.05) is 48.0 Å². The summed E-state index contributed by atoms with van der Waals surface area (Å²) < 4.78 is 1.91. The van der Waals surface area contributed by atoms with Crippen LogP contribution in [0, 0.1) is 0 Å². The van der Waals surface area contributed by atoms with E-state index < -0.39 is 0 Å². The number of nitrogens with zero attached hydrogens (tertiary/aromatic N) is 5. The summed E-state index contributed by atoms with van der Waals surface area (Å²) >= 11 is 6.11. The summed E-state index contributed by atoms with van der Waals surface area (Å²) in [7, 11) is 0. The summed E-state index contributed by atoms with van der Waals surface area (Å²) in [4.78, 5) is 17.2. The second kappa shape index (κ2) is 7.80. The minimum absolute atomic E-state index is 0.0208. The fraction of sp³-hybridized carbons (Fsp3) is 0.174. The number of halogens is 1. The molecule has 0 saturated carbocycles. The molecule has 150 valence electrons. The van der Waals surface area contributed by atoms with E-state index in [4.69, 9.17) is 11.6 Å². The molecule has 0 spiro atoms. The first-order chi connectivity index (χ1) is 14.7. The number of rotatable bonds is 3. The van der Waals surface area contributed by atoms with Crippen molar-refractivity contribution in [2.75, 3.05) is 31.1 Å². The molecule has 0 radical (unpaired) electrons. The van der Waals surface area contributed by atoms with Gasteiger partial charge in [0.05, 0.1) is 0 Å². The number of hydrogen-bond donors (Lipinski definition) is 0. The highest BCUT2D eigenvalue weighted by atomic mass is 35.5. The molecule has 5 rings (SSSR count). The van der Waals surface area contributed by atoms with Crippen LogP contribution in [0.3, 0.4) is 0 Å². The predicted molar refractivity (Wildman–Crippen MR) is 118 cm³/mol. The van der Waals surface area contributed by atoms with Gasteiger partial charge in [0.2, 0.25) is 0 Å². The van der Waals surface area contributed by atoms with Crippen molar-refractivity contribution in [2.45, 2.75) is 0 Å². The third-order valence-corrected chi connectivity index (χ3v) is 5.66. The topological polar surface area (TPSA) is 53.7 Å². The van der Waals surface area contributed by atoms with Crippen molar-refractivity contribution in [1.29, 1.82) is 0 Å². The van der Waals surface area contributed by atoms with Gasteiger partial charge in [-0.2, -0.15) is 0 Å². The molecule has 4 aromatic rings. The van der Waals surface area contributed by atoms with E-state index in [1.54, 1.807) is 0 Å². The standard InChI is InChI=1S/C23H20ClN5O/c24-19-7-4-8-20(16-19)27-11-13-28(14-12-27)23(30)18-9-10-29-21(15-18)25-26-22(29)17-5-2-1-3-6-17/h1-10,15-16H,11-14H2. The first-order valence-electron chi connectivity index (χ1n) is 9.89. The first kappa shape index (κ1) is 18.6. The lowest BCUT2D eigenvalue weighted by Crippen LogP contribution is -2.48. The van der Waals surface area contributed by atoms with Gasteiger partial charge in [-0.25, -0.2) is 0 Å². The maximum atomic E-state index is 13.0. The zero-order valence-corrected chi connectivity index (χ0v) is 17.0. The molecule has 1 aliphatic heterocycles. The zero-order chi connectivity index (χ0) is 20.5. The highest BCUT2D eigenvalue weighted by molar-refractivity contribution is 6.30. The third-order valence-electron chi connectivity index (χ3n) is 5.43. The Kier molecular flexibility index (Phi) is 4.85. The predicted octanol–water partition coefficient (Wildman–Crippen LogP) is 4.01. The van der Waals surface area contributed by atoms with Crippen molar-refractivity contribution in [3.8, 4) is 11.4 Å². The van der Waals surface area contributed by atoms with E-state index in [9.17, 15) is 4.79 Å². The summed E-state index contributed by atoms with van der Waals surface area (Å²) in [5.74, 6) is 0.784. The lowest BCUT2D eigenvalue weighted by atomic mass is 10.2. The largest absolute Gasteiger partial charge is 0.368 e. The van der Waals surface area contributed by atoms with Crippen LogP contribution in [0.15, 0.2) is 72.9 Å². The fourth-order valence-electron chi connectivity index (χ4n) is 3.83. The van der Waals surface area contributed by atoms with Gasteiger partial charge < -0.3 is 9.80 Å². The van der Waals surface area contributed by atoms with Crippen LogP contribution in [0.2, 0.25) is 5.02 Å². The van der Waals surface area contributed by atoms with Crippen LogP contribution in [0.25, 0.3) is 17.0 Å². The molecule has 0 aliphatic carbocycles. The number of fused-ring (bicyclic) bond motifs is 1. The molecule has 0 unspecified atom stereocenters. The minimum Gasteiger partial charge on any atom is -0.368 e. The van der Waals surface area contributed by atoms with Crippen LogP contribution < -0.4 is 4.90 Å². The average molecular weight is 418 g/mol. The fourth-order valence-corrected chi connectivity index (χ4v) is 4.02. The summed E-state index contributed by atoms with van der Waals surface area (Å²) in [6, 6.07) is 21.4. The quantitative estimate of drug-likeness (QED) is 0.505. The number of carbonyl (C=O) groups is 1. The molecule has 2 aromatic carbocycles. The summed E-state index contributed by atoms with van der Waals surface area (Å²) in [6.07, 6.45) is 1.87. The van der Waals surface area contributed by atoms with Gasteiger partial charge in [-0.05, 0) is 30.3 Å². The molecule has 1 aliphatic rings. The number of benzene rings is 2. The van der Waals surface area contributed by atoms with E-state index in [0.717, 1.165) is 35.2 Å². The average Bonchev–Trinajstić information content (AvgIpc) is 3.22. The molecule has 1 fully saturated rings. The Labute approximate surface area is 179 Å². The van der Waals surface area contributed by atoms with Crippen molar-refractivity contribution in [3.05, 3.63) is 83.5 Å². The molecular weight excluding hydrogens is 398 g/mol. The van der Waals surface area contributed by atoms with Gasteiger partial charge in [0.15, 0.2) is 11.5 Å². The molecular formula is C23H20ClN5O. The van der Waals surface area contributed by atoms with E-state index in [0.29, 0.717) is 24.3 Å². The number of carbonyl (C=O) groups excluding carboxylic acids is 1. The lowest BCUT2D eigenvalue weighted by Gasteiger charge is -2.36. The van der Waals surface area contributed by atoms with Gasteiger partial charge in [0.1, 0.15) is 0 Å². The van der Waals surface area contributed by atoms with Crippen molar-refractivity contribution in [1.82, 2.24) is 19.5 Å². The Hall–Kier alpha value is -3.38. The Morgan fingerprint density at radius 3 is 2.43 bits per heavy atom. The van der Waals surface area contributed by atoms with Gasteiger partial charge in [0.25, 0.3) is 5.91 Å². The highest BCUT2D eigenvalue weighted by Gasteiger charge is 2.23. The maximum Gasteiger partial charge on any atom is 0.254 e. The molecule has 7 heteroatoms. The van der Waals surface area contributed by atoms with E-state index in [1.165, 1.54) is 0 Å². The number of amides is 1. The van der Waals surface area contributed by atoms with Gasteiger partial charge in [-0.15, -0.1) is 10.2 Å². The van der Waals surface area contributed by atoms with Crippen molar-refractivity contribution in [3.63, 3.8) is 0 Å². The van der Waals surface area contributed by atoms with Crippen LogP contribution >= 0.6 is 11.6 Å². The highest BCUT2D eigenvalue weighted by Crippen LogP contribution is 2.22. The lowest BCUT2D eigenvalue weighted by molar-refractivity contribution is 0.0747. The first-order valence-corrected chi connectivity index (χ1v) is 10.3. The molecule has 30 heavy (non-hydrogen) atoms. The van der Waals surface area contributed by atoms with E-state index in [-0.39, 0.29) is 5.91 Å². The van der Waals surface area contributed by atoms with Crippen molar-refractivity contribution in [2.24, 2.45) is 0 Å². The summed E-state index contributed by atoms with van der Waals surface area (Å²) in [5.41, 5.74) is 3.37. The van der Waals surface area contributed by atoms with Crippen LogP contribution in [0.5, 0.6) is 0 Å². The van der Waals surface area contributed by atoms with Crippen LogP contribution in [0.4, 0.5) is 5.69 Å². The number of aromatic nitrogens is 3. The molecule has 1 saturated heterocycles. The monoisotopic (exact) mass is 417 g/mol. The smallest absolute Gasteiger partial charge is 0.254 e. The second-order valence-electron chi connectivity index (χ2n) is 7.29. The Morgan fingerprint density at radius 2 is 1.67 bits per heavy atom. The van der Waals surface area contributed by atoms with Gasteiger partial charge in [0, 0.05) is 54.2 Å². The zero-order valence-electron chi connectivity index (χ0n) is 16.3. The van der Waals surface area contributed by atoms with Gasteiger partial charge >= 0.3 is 0 Å². The SMILES string of the molecule is O=C(c1ccn2c(-c3ccccc3)nnc2c1)N1CCN(c2cccc(Cl)c2)CC1. The molecule has 0 bridgehead atoms. The molecule has 3 heterocycles. The Bertz CT molecular complexity index is 1200. The van der Waals surface area contributed by atoms with Gasteiger partial charge in [-0.3, -0.25) is 9.20 Å². The number of anilines is 1. The maximum absolute atomic E-state index is 13.0. The number of hydrogen-bond acceptors (Lipinski definition) is 4. The molecule has 2 aromatic heterocycles. The molecule has 1 amide bonds. The third kappa shape index (κ3) is 3.50. The van der Waals surface area contributed by atoms with Crippen molar-refractivity contribution < 1.29 is 4.79 Å². The van der Waals surface area contributed by atoms with Crippen LogP contribution in [-0.4, -0.2) is 51.6 Å². The summed E-state index contributed by atoms with van der Waals surface area (Å²) in [5, 5.41) is 9.29. The van der Waals surface area contributed by atoms with Crippen LogP contribution in [-0.2, 0) is 0 Å². The van der Waals surface area contributed by atoms with E-state index in [2.05, 4.69) is 15.1 Å². The van der Waals surface area contributed by atoms with Crippen molar-refractivity contribution >= 4 is 28.8 Å². The molecule has 0 N–H and O–H groups in total.